The SMILES string of the molecule is COCCCN1C(=O)C(=O)/C(=C(/O)c2ccc(C)cc2)C1c1ccc(O)cc1. The van der Waals surface area contributed by atoms with Gasteiger partial charge in [0.2, 0.25) is 0 Å². The summed E-state index contributed by atoms with van der Waals surface area (Å²) in [4.78, 5) is 26.9. The lowest BCUT2D eigenvalue weighted by Gasteiger charge is -2.25. The van der Waals surface area contributed by atoms with Crippen molar-refractivity contribution in [2.75, 3.05) is 20.3 Å². The maximum Gasteiger partial charge on any atom is 0.295 e. The van der Waals surface area contributed by atoms with Gasteiger partial charge in [0.25, 0.3) is 11.7 Å². The fourth-order valence-corrected chi connectivity index (χ4v) is 3.36. The van der Waals surface area contributed by atoms with Crippen molar-refractivity contribution in [1.29, 1.82) is 0 Å². The van der Waals surface area contributed by atoms with Crippen LogP contribution in [0.5, 0.6) is 5.75 Å². The van der Waals surface area contributed by atoms with Crippen molar-refractivity contribution in [3.05, 3.63) is 70.8 Å². The first-order valence-electron chi connectivity index (χ1n) is 9.07. The van der Waals surface area contributed by atoms with Crippen molar-refractivity contribution >= 4 is 17.4 Å². The fraction of sp³-hybridized carbons (Fsp3) is 0.273. The zero-order chi connectivity index (χ0) is 20.3. The molecular formula is C22H23NO5. The van der Waals surface area contributed by atoms with E-state index in [4.69, 9.17) is 4.74 Å². The van der Waals surface area contributed by atoms with E-state index in [2.05, 4.69) is 0 Å². The molecular weight excluding hydrogens is 358 g/mol. The van der Waals surface area contributed by atoms with Crippen molar-refractivity contribution in [2.24, 2.45) is 0 Å². The number of hydrogen-bond donors (Lipinski definition) is 2. The summed E-state index contributed by atoms with van der Waals surface area (Å²) in [6.07, 6.45) is 0.558. The highest BCUT2D eigenvalue weighted by Gasteiger charge is 2.45. The number of aliphatic hydroxyl groups is 1. The van der Waals surface area contributed by atoms with E-state index in [9.17, 15) is 19.8 Å². The van der Waals surface area contributed by atoms with E-state index in [0.29, 0.717) is 30.7 Å². The van der Waals surface area contributed by atoms with Gasteiger partial charge in [-0.05, 0) is 31.0 Å². The molecule has 1 unspecified atom stereocenters. The number of ketones is 1. The quantitative estimate of drug-likeness (QED) is 0.347. The number of aromatic hydroxyl groups is 1. The molecule has 0 spiro atoms. The van der Waals surface area contributed by atoms with Gasteiger partial charge >= 0.3 is 0 Å². The lowest BCUT2D eigenvalue weighted by atomic mass is 9.95. The molecule has 0 radical (unpaired) electrons. The molecule has 6 nitrogen and oxygen atoms in total. The van der Waals surface area contributed by atoms with Gasteiger partial charge in [-0.15, -0.1) is 0 Å². The number of phenols is 1. The second-order valence-electron chi connectivity index (χ2n) is 6.80. The van der Waals surface area contributed by atoms with E-state index < -0.39 is 17.7 Å². The summed E-state index contributed by atoms with van der Waals surface area (Å²) in [6.45, 7) is 2.69. The summed E-state index contributed by atoms with van der Waals surface area (Å²) >= 11 is 0. The molecule has 0 bridgehead atoms. The van der Waals surface area contributed by atoms with Crippen molar-refractivity contribution in [2.45, 2.75) is 19.4 Å². The Bertz CT molecular complexity index is 900. The zero-order valence-electron chi connectivity index (χ0n) is 15.9. The van der Waals surface area contributed by atoms with Crippen LogP contribution in [-0.2, 0) is 14.3 Å². The number of aryl methyl sites for hydroxylation is 1. The van der Waals surface area contributed by atoms with Gasteiger partial charge in [-0.3, -0.25) is 9.59 Å². The molecule has 146 valence electrons. The van der Waals surface area contributed by atoms with Gasteiger partial charge < -0.3 is 19.8 Å². The molecule has 1 saturated heterocycles. The molecule has 1 atom stereocenters. The van der Waals surface area contributed by atoms with Crippen LogP contribution in [0.3, 0.4) is 0 Å². The number of phenolic OH excluding ortho intramolecular Hbond substituents is 1. The van der Waals surface area contributed by atoms with Crippen LogP contribution in [0.2, 0.25) is 0 Å². The van der Waals surface area contributed by atoms with Crippen molar-refractivity contribution in [3.8, 4) is 5.75 Å². The first-order valence-corrected chi connectivity index (χ1v) is 9.07. The molecule has 0 aliphatic carbocycles. The van der Waals surface area contributed by atoms with Gasteiger partial charge in [0, 0.05) is 25.8 Å². The summed E-state index contributed by atoms with van der Waals surface area (Å²) in [5.74, 6) is -1.49. The zero-order valence-corrected chi connectivity index (χ0v) is 15.9. The number of ether oxygens (including phenoxy) is 1. The second-order valence-corrected chi connectivity index (χ2v) is 6.80. The molecule has 1 amide bonds. The van der Waals surface area contributed by atoms with Gasteiger partial charge in [0.15, 0.2) is 0 Å². The predicted octanol–water partition coefficient (Wildman–Crippen LogP) is 3.16. The number of rotatable bonds is 6. The molecule has 6 heteroatoms. The Labute approximate surface area is 163 Å². The number of carbonyl (C=O) groups excluding carboxylic acids is 2. The van der Waals surface area contributed by atoms with E-state index in [0.717, 1.165) is 5.56 Å². The minimum Gasteiger partial charge on any atom is -0.508 e. The molecule has 1 aliphatic rings. The largest absolute Gasteiger partial charge is 0.508 e. The van der Waals surface area contributed by atoms with Crippen LogP contribution >= 0.6 is 0 Å². The van der Waals surface area contributed by atoms with Crippen LogP contribution in [-0.4, -0.2) is 47.1 Å². The summed E-state index contributed by atoms with van der Waals surface area (Å²) in [5, 5.41) is 20.5. The third-order valence-corrected chi connectivity index (χ3v) is 4.82. The first kappa shape index (κ1) is 19.6. The minimum atomic E-state index is -0.723. The Hall–Kier alpha value is -3.12. The van der Waals surface area contributed by atoms with Gasteiger partial charge in [-0.2, -0.15) is 0 Å². The lowest BCUT2D eigenvalue weighted by Crippen LogP contribution is -2.31. The molecule has 1 heterocycles. The average molecular weight is 381 g/mol. The van der Waals surface area contributed by atoms with Crippen LogP contribution in [0.1, 0.15) is 29.2 Å². The Kier molecular flexibility index (Phi) is 5.80. The number of benzene rings is 2. The van der Waals surface area contributed by atoms with Crippen molar-refractivity contribution in [1.82, 2.24) is 4.90 Å². The van der Waals surface area contributed by atoms with Gasteiger partial charge in [-0.1, -0.05) is 42.0 Å². The average Bonchev–Trinajstić information content (AvgIpc) is 2.94. The van der Waals surface area contributed by atoms with Crippen molar-refractivity contribution in [3.63, 3.8) is 0 Å². The van der Waals surface area contributed by atoms with Crippen molar-refractivity contribution < 1.29 is 24.5 Å². The molecule has 2 N–H and O–H groups in total. The Morgan fingerprint density at radius 2 is 1.71 bits per heavy atom. The third-order valence-electron chi connectivity index (χ3n) is 4.82. The maximum atomic E-state index is 12.8. The van der Waals surface area contributed by atoms with E-state index in [1.807, 2.05) is 19.1 Å². The van der Waals surface area contributed by atoms with Crippen LogP contribution in [0.25, 0.3) is 5.76 Å². The summed E-state index contributed by atoms with van der Waals surface area (Å²) in [7, 11) is 1.57. The van der Waals surface area contributed by atoms with Crippen LogP contribution < -0.4 is 0 Å². The Balaban J connectivity index is 2.10. The van der Waals surface area contributed by atoms with Gasteiger partial charge in [-0.25, -0.2) is 0 Å². The normalized spacial score (nSPS) is 18.6. The number of aliphatic hydroxyl groups excluding tert-OH is 1. The highest BCUT2D eigenvalue weighted by Crippen LogP contribution is 2.39. The predicted molar refractivity (Wildman–Crippen MR) is 105 cm³/mol. The van der Waals surface area contributed by atoms with E-state index in [1.54, 1.807) is 31.4 Å². The third kappa shape index (κ3) is 3.77. The number of nitrogens with zero attached hydrogens (tertiary/aromatic N) is 1. The topological polar surface area (TPSA) is 87.1 Å². The lowest BCUT2D eigenvalue weighted by molar-refractivity contribution is -0.140. The second kappa shape index (κ2) is 8.27. The smallest absolute Gasteiger partial charge is 0.295 e. The number of carbonyl (C=O) groups is 2. The fourth-order valence-electron chi connectivity index (χ4n) is 3.36. The van der Waals surface area contributed by atoms with Gasteiger partial charge in [0.1, 0.15) is 11.5 Å². The number of hydrogen-bond acceptors (Lipinski definition) is 5. The van der Waals surface area contributed by atoms with E-state index >= 15 is 0 Å². The summed E-state index contributed by atoms with van der Waals surface area (Å²) in [5.41, 5.74) is 2.19. The highest BCUT2D eigenvalue weighted by molar-refractivity contribution is 6.46. The van der Waals surface area contributed by atoms with E-state index in [-0.39, 0.29) is 17.1 Å². The molecule has 1 fully saturated rings. The molecule has 1 aliphatic heterocycles. The molecule has 0 saturated carbocycles. The molecule has 3 rings (SSSR count). The number of Topliss-reactive ketones (excluding diaryl/α,β-unsaturated/α-hetero) is 1. The molecule has 0 aromatic heterocycles. The summed E-state index contributed by atoms with van der Waals surface area (Å²) in [6, 6.07) is 12.7. The van der Waals surface area contributed by atoms with Crippen LogP contribution in [0.4, 0.5) is 0 Å². The number of likely N-dealkylation sites (tertiary alicyclic amines) is 1. The standard InChI is InChI=1S/C22H23NO5/c1-14-4-6-16(7-5-14)20(25)18-19(15-8-10-17(24)11-9-15)23(12-3-13-28-2)22(27)21(18)26/h4-11,19,24-25H,3,12-13H2,1-2H3/b20-18+. The number of methoxy groups -OCH3 is 1. The number of amides is 1. The monoisotopic (exact) mass is 381 g/mol. The minimum absolute atomic E-state index is 0.0527. The van der Waals surface area contributed by atoms with Gasteiger partial charge in [0.05, 0.1) is 11.6 Å². The van der Waals surface area contributed by atoms with Crippen LogP contribution in [0, 0.1) is 6.92 Å². The Morgan fingerprint density at radius 3 is 2.32 bits per heavy atom. The molecule has 28 heavy (non-hydrogen) atoms. The molecule has 2 aromatic carbocycles. The van der Waals surface area contributed by atoms with E-state index in [1.165, 1.54) is 17.0 Å². The first-order chi connectivity index (χ1) is 13.4. The molecule has 2 aromatic rings. The maximum absolute atomic E-state index is 12.8. The Morgan fingerprint density at radius 1 is 1.07 bits per heavy atom. The highest BCUT2D eigenvalue weighted by atomic mass is 16.5. The summed E-state index contributed by atoms with van der Waals surface area (Å²) < 4.78 is 5.06. The van der Waals surface area contributed by atoms with Crippen LogP contribution in [0.15, 0.2) is 54.1 Å².